The lowest BCUT2D eigenvalue weighted by molar-refractivity contribution is -0.129. The first-order valence-electron chi connectivity index (χ1n) is 6.54. The van der Waals surface area contributed by atoms with Crippen molar-refractivity contribution in [3.05, 3.63) is 57.7 Å². The number of carbonyl (C=O) groups excluding carboxylic acids is 2. The predicted octanol–water partition coefficient (Wildman–Crippen LogP) is 3.59. The van der Waals surface area contributed by atoms with Crippen LogP contribution in [0.3, 0.4) is 0 Å². The average Bonchev–Trinajstić information content (AvgIpc) is 3.01. The molecule has 0 saturated heterocycles. The van der Waals surface area contributed by atoms with Crippen molar-refractivity contribution in [2.75, 3.05) is 0 Å². The van der Waals surface area contributed by atoms with E-state index in [4.69, 9.17) is 32.4 Å². The van der Waals surface area contributed by atoms with Crippen LogP contribution in [0, 0.1) is 5.82 Å². The van der Waals surface area contributed by atoms with Crippen LogP contribution < -0.4 is 5.32 Å². The van der Waals surface area contributed by atoms with Crippen LogP contribution in [0.1, 0.15) is 23.0 Å². The van der Waals surface area contributed by atoms with E-state index in [2.05, 4.69) is 5.32 Å². The molecule has 1 amide bonds. The van der Waals surface area contributed by atoms with Crippen molar-refractivity contribution in [1.29, 1.82) is 0 Å². The summed E-state index contributed by atoms with van der Waals surface area (Å²) >= 11 is 11.4. The van der Waals surface area contributed by atoms with E-state index in [0.717, 1.165) is 12.1 Å². The van der Waals surface area contributed by atoms with Crippen LogP contribution in [0.2, 0.25) is 10.0 Å². The molecule has 0 fully saturated rings. The highest BCUT2D eigenvalue weighted by Gasteiger charge is 2.22. The minimum Gasteiger partial charge on any atom is -0.467 e. The van der Waals surface area contributed by atoms with Crippen LogP contribution in [0.25, 0.3) is 0 Å². The number of furan rings is 1. The van der Waals surface area contributed by atoms with Gasteiger partial charge < -0.3 is 14.5 Å². The van der Waals surface area contributed by atoms with Crippen molar-refractivity contribution in [3.63, 3.8) is 0 Å². The Hall–Kier alpha value is -2.05. The van der Waals surface area contributed by atoms with E-state index in [1.165, 1.54) is 13.2 Å². The van der Waals surface area contributed by atoms with Crippen LogP contribution in [-0.2, 0) is 16.1 Å². The van der Waals surface area contributed by atoms with E-state index in [0.29, 0.717) is 5.76 Å². The topological polar surface area (TPSA) is 68.5 Å². The molecule has 0 unspecified atom stereocenters. The van der Waals surface area contributed by atoms with Gasteiger partial charge in [-0.05, 0) is 31.2 Å². The number of carbonyl (C=O) groups is 2. The zero-order chi connectivity index (χ0) is 17.0. The van der Waals surface area contributed by atoms with Gasteiger partial charge in [0.25, 0.3) is 5.91 Å². The van der Waals surface area contributed by atoms with Crippen molar-refractivity contribution in [1.82, 2.24) is 5.32 Å². The summed E-state index contributed by atoms with van der Waals surface area (Å²) in [5.74, 6) is -1.70. The van der Waals surface area contributed by atoms with E-state index >= 15 is 0 Å². The zero-order valence-electron chi connectivity index (χ0n) is 11.9. The van der Waals surface area contributed by atoms with Gasteiger partial charge >= 0.3 is 5.97 Å². The van der Waals surface area contributed by atoms with Gasteiger partial charge in [-0.25, -0.2) is 9.18 Å². The monoisotopic (exact) mass is 359 g/mol. The molecule has 23 heavy (non-hydrogen) atoms. The Bertz CT molecular complexity index is 719. The molecule has 1 N–H and O–H groups in total. The molecule has 5 nitrogen and oxygen atoms in total. The average molecular weight is 360 g/mol. The molecule has 0 radical (unpaired) electrons. The summed E-state index contributed by atoms with van der Waals surface area (Å²) in [6.45, 7) is 1.54. The first-order valence-corrected chi connectivity index (χ1v) is 7.29. The predicted molar refractivity (Wildman–Crippen MR) is 81.9 cm³/mol. The lowest BCUT2D eigenvalue weighted by Gasteiger charge is -2.13. The molecule has 0 saturated carbocycles. The molecule has 1 aromatic carbocycles. The number of halogens is 3. The molecule has 0 aliphatic rings. The Balaban J connectivity index is 1.96. The molecule has 2 aromatic rings. The van der Waals surface area contributed by atoms with Crippen LogP contribution in [0.4, 0.5) is 4.39 Å². The molecule has 1 aromatic heterocycles. The van der Waals surface area contributed by atoms with Gasteiger partial charge in [-0.3, -0.25) is 4.79 Å². The van der Waals surface area contributed by atoms with Gasteiger partial charge in [0.2, 0.25) is 0 Å². The van der Waals surface area contributed by atoms with Gasteiger partial charge in [0.1, 0.15) is 11.6 Å². The fraction of sp³-hybridized carbons (Fsp3) is 0.200. The van der Waals surface area contributed by atoms with Gasteiger partial charge in [0.05, 0.1) is 28.4 Å². The molecule has 122 valence electrons. The second kappa shape index (κ2) is 7.48. The maximum Gasteiger partial charge on any atom is 0.340 e. The maximum absolute atomic E-state index is 13.4. The van der Waals surface area contributed by atoms with Gasteiger partial charge in [0, 0.05) is 0 Å². The summed E-state index contributed by atoms with van der Waals surface area (Å²) in [7, 11) is 0. The Labute approximate surface area is 141 Å². The standard InChI is InChI=1S/C15H12Cl2FNO4/c1-8(14(20)19-7-9-3-2-4-22-9)23-15(21)10-5-13(18)12(17)6-11(10)16/h2-6,8H,7H2,1H3,(H,19,20)/t8-/m0/s1. The molecule has 0 spiro atoms. The number of hydrogen-bond acceptors (Lipinski definition) is 4. The molecule has 1 heterocycles. The SMILES string of the molecule is C[C@H](OC(=O)c1cc(F)c(Cl)cc1Cl)C(=O)NCc1ccco1. The first-order chi connectivity index (χ1) is 10.9. The molecule has 1 atom stereocenters. The number of rotatable bonds is 5. The second-order valence-corrected chi connectivity index (χ2v) is 5.41. The smallest absolute Gasteiger partial charge is 0.340 e. The fourth-order valence-corrected chi connectivity index (χ4v) is 2.15. The van der Waals surface area contributed by atoms with E-state index in [-0.39, 0.29) is 22.2 Å². The van der Waals surface area contributed by atoms with Crippen LogP contribution in [0.15, 0.2) is 34.9 Å². The maximum atomic E-state index is 13.4. The Morgan fingerprint density at radius 1 is 1.35 bits per heavy atom. The quantitative estimate of drug-likeness (QED) is 0.654. The van der Waals surface area contributed by atoms with Crippen molar-refractivity contribution >= 4 is 35.1 Å². The molecule has 0 bridgehead atoms. The highest BCUT2D eigenvalue weighted by Crippen LogP contribution is 2.25. The molecule has 0 aliphatic heterocycles. The van der Waals surface area contributed by atoms with Crippen molar-refractivity contribution < 1.29 is 23.1 Å². The van der Waals surface area contributed by atoms with Gasteiger partial charge in [-0.15, -0.1) is 0 Å². The number of amides is 1. The summed E-state index contributed by atoms with van der Waals surface area (Å²) < 4.78 is 23.4. The minimum atomic E-state index is -1.09. The van der Waals surface area contributed by atoms with Crippen molar-refractivity contribution in [3.8, 4) is 0 Å². The normalized spacial score (nSPS) is 11.8. The zero-order valence-corrected chi connectivity index (χ0v) is 13.4. The lowest BCUT2D eigenvalue weighted by atomic mass is 10.2. The molecular weight excluding hydrogens is 348 g/mol. The largest absolute Gasteiger partial charge is 0.467 e. The molecule has 0 aliphatic carbocycles. The van der Waals surface area contributed by atoms with E-state index < -0.39 is 23.8 Å². The number of hydrogen-bond donors (Lipinski definition) is 1. The van der Waals surface area contributed by atoms with Gasteiger partial charge in [-0.1, -0.05) is 23.2 Å². The van der Waals surface area contributed by atoms with Crippen molar-refractivity contribution in [2.24, 2.45) is 0 Å². The third-order valence-electron chi connectivity index (χ3n) is 2.90. The second-order valence-electron chi connectivity index (χ2n) is 4.59. The van der Waals surface area contributed by atoms with E-state index in [1.807, 2.05) is 0 Å². The summed E-state index contributed by atoms with van der Waals surface area (Å²) in [5, 5.41) is 2.26. The summed E-state index contributed by atoms with van der Waals surface area (Å²) in [6.07, 6.45) is 0.384. The third kappa shape index (κ3) is 4.46. The fourth-order valence-electron chi connectivity index (χ4n) is 1.69. The highest BCUT2D eigenvalue weighted by atomic mass is 35.5. The van der Waals surface area contributed by atoms with E-state index in [9.17, 15) is 14.0 Å². The summed E-state index contributed by atoms with van der Waals surface area (Å²) in [5.41, 5.74) is -0.209. The van der Waals surface area contributed by atoms with Crippen LogP contribution >= 0.6 is 23.2 Å². The van der Waals surface area contributed by atoms with E-state index in [1.54, 1.807) is 12.1 Å². The molecular formula is C15H12Cl2FNO4. The molecule has 8 heteroatoms. The number of nitrogens with one attached hydrogen (secondary N) is 1. The van der Waals surface area contributed by atoms with Crippen LogP contribution in [0.5, 0.6) is 0 Å². The Kier molecular flexibility index (Phi) is 5.63. The van der Waals surface area contributed by atoms with Crippen molar-refractivity contribution in [2.45, 2.75) is 19.6 Å². The Morgan fingerprint density at radius 3 is 2.74 bits per heavy atom. The van der Waals surface area contributed by atoms with Gasteiger partial charge in [0.15, 0.2) is 6.10 Å². The number of esters is 1. The Morgan fingerprint density at radius 2 is 2.09 bits per heavy atom. The minimum absolute atomic E-state index is 0.0652. The third-order valence-corrected chi connectivity index (χ3v) is 3.50. The highest BCUT2D eigenvalue weighted by molar-refractivity contribution is 6.36. The van der Waals surface area contributed by atoms with Gasteiger partial charge in [-0.2, -0.15) is 0 Å². The first kappa shape index (κ1) is 17.3. The number of ether oxygens (including phenoxy) is 1. The molecule has 2 rings (SSSR count). The van der Waals surface area contributed by atoms with Crippen LogP contribution in [-0.4, -0.2) is 18.0 Å². The number of benzene rings is 1. The summed E-state index contributed by atoms with van der Waals surface area (Å²) in [4.78, 5) is 23.8. The summed E-state index contributed by atoms with van der Waals surface area (Å²) in [6, 6.07) is 5.33. The lowest BCUT2D eigenvalue weighted by Crippen LogP contribution is -2.35.